The van der Waals surface area contributed by atoms with Crippen molar-refractivity contribution in [1.82, 2.24) is 9.88 Å². The number of benzene rings is 2. The number of ether oxygens (including phenoxy) is 4. The molecule has 0 aliphatic carbocycles. The number of fused-ring (bicyclic) bond motifs is 1. The van der Waals surface area contributed by atoms with Crippen LogP contribution in [0.2, 0.25) is 0 Å². The molecule has 3 aromatic rings. The summed E-state index contributed by atoms with van der Waals surface area (Å²) in [6.07, 6.45) is 1.33. The highest BCUT2D eigenvalue weighted by Gasteiger charge is 2.31. The van der Waals surface area contributed by atoms with E-state index in [1.807, 2.05) is 12.1 Å². The van der Waals surface area contributed by atoms with Crippen molar-refractivity contribution in [3.63, 3.8) is 0 Å². The molecule has 2 aromatic carbocycles. The summed E-state index contributed by atoms with van der Waals surface area (Å²) in [6, 6.07) is 10.4. The Kier molecular flexibility index (Phi) is 6.17. The predicted octanol–water partition coefficient (Wildman–Crippen LogP) is 5.05. The highest BCUT2D eigenvalue weighted by molar-refractivity contribution is 5.97. The van der Waals surface area contributed by atoms with Gasteiger partial charge in [-0.05, 0) is 76.1 Å². The van der Waals surface area contributed by atoms with Crippen molar-refractivity contribution in [2.24, 2.45) is 0 Å². The van der Waals surface area contributed by atoms with Gasteiger partial charge in [-0.25, -0.2) is 9.59 Å². The van der Waals surface area contributed by atoms with E-state index in [9.17, 15) is 9.59 Å². The molecule has 2 heterocycles. The van der Waals surface area contributed by atoms with Gasteiger partial charge >= 0.3 is 12.1 Å². The average Bonchev–Trinajstić information content (AvgIpc) is 3.30. The van der Waals surface area contributed by atoms with Crippen molar-refractivity contribution in [3.8, 4) is 11.5 Å². The van der Waals surface area contributed by atoms with Gasteiger partial charge in [0.2, 0.25) is 0 Å². The van der Waals surface area contributed by atoms with E-state index < -0.39 is 24.7 Å². The maximum Gasteiger partial charge on any atom is 0.419 e. The molecule has 0 radical (unpaired) electrons. The largest absolute Gasteiger partial charge is 0.493 e. The summed E-state index contributed by atoms with van der Waals surface area (Å²) in [4.78, 5) is 24.9. The SMILES string of the molecule is [2H]C([2H])([2H])Oc1cc(C)c2c(ccn2C(=O)OC(C)(C)C)c1O[C@@H]1CCNC[C@H]1c1ccc(C(=O)OC)cc1. The summed E-state index contributed by atoms with van der Waals surface area (Å²) < 4.78 is 46.9. The Labute approximate surface area is 215 Å². The second-order valence-electron chi connectivity index (χ2n) is 9.92. The molecule has 1 saturated heterocycles. The number of nitrogens with one attached hydrogen (secondary N) is 1. The summed E-state index contributed by atoms with van der Waals surface area (Å²) in [5.41, 5.74) is 1.88. The zero-order chi connectivity index (χ0) is 28.5. The zero-order valence-electron chi connectivity index (χ0n) is 24.2. The van der Waals surface area contributed by atoms with Crippen LogP contribution in [0.4, 0.5) is 4.79 Å². The zero-order valence-corrected chi connectivity index (χ0v) is 21.2. The van der Waals surface area contributed by atoms with Crippen LogP contribution in [0.5, 0.6) is 11.5 Å². The van der Waals surface area contributed by atoms with Gasteiger partial charge in [0.15, 0.2) is 11.5 Å². The molecule has 36 heavy (non-hydrogen) atoms. The topological polar surface area (TPSA) is 88.0 Å². The van der Waals surface area contributed by atoms with E-state index in [-0.39, 0.29) is 23.5 Å². The molecule has 8 nitrogen and oxygen atoms in total. The summed E-state index contributed by atoms with van der Waals surface area (Å²) in [5.74, 6) is -0.202. The lowest BCUT2D eigenvalue weighted by molar-refractivity contribution is 0.0542. The van der Waals surface area contributed by atoms with Crippen LogP contribution >= 0.6 is 0 Å². The Hall–Kier alpha value is -3.52. The number of nitrogens with zero attached hydrogens (tertiary/aromatic N) is 1. The fraction of sp³-hybridized carbons (Fsp3) is 0.429. The van der Waals surface area contributed by atoms with Crippen LogP contribution in [0.1, 0.15) is 58.7 Å². The third-order valence-electron chi connectivity index (χ3n) is 6.22. The van der Waals surface area contributed by atoms with Crippen molar-refractivity contribution >= 4 is 23.0 Å². The molecule has 0 spiro atoms. The molecule has 0 amide bonds. The van der Waals surface area contributed by atoms with Gasteiger partial charge in [-0.3, -0.25) is 4.57 Å². The molecule has 1 aromatic heterocycles. The quantitative estimate of drug-likeness (QED) is 0.494. The van der Waals surface area contributed by atoms with Crippen LogP contribution in [-0.2, 0) is 9.47 Å². The van der Waals surface area contributed by atoms with Crippen LogP contribution in [0, 0.1) is 6.92 Å². The Morgan fingerprint density at radius 3 is 2.58 bits per heavy atom. The summed E-state index contributed by atoms with van der Waals surface area (Å²) in [5, 5.41) is 3.92. The molecule has 0 bridgehead atoms. The maximum absolute atomic E-state index is 13.0. The third kappa shape index (κ3) is 5.18. The Morgan fingerprint density at radius 1 is 1.17 bits per heavy atom. The molecule has 1 N–H and O–H groups in total. The van der Waals surface area contributed by atoms with E-state index >= 15 is 0 Å². The molecule has 0 unspecified atom stereocenters. The Balaban J connectivity index is 1.76. The van der Waals surface area contributed by atoms with Crippen LogP contribution in [0.3, 0.4) is 0 Å². The van der Waals surface area contributed by atoms with Gasteiger partial charge < -0.3 is 24.3 Å². The van der Waals surface area contributed by atoms with E-state index in [0.29, 0.717) is 41.5 Å². The number of hydrogen-bond donors (Lipinski definition) is 1. The minimum Gasteiger partial charge on any atom is -0.493 e. The highest BCUT2D eigenvalue weighted by atomic mass is 16.6. The molecular formula is C28H34N2O6. The monoisotopic (exact) mass is 497 g/mol. The molecule has 8 heteroatoms. The van der Waals surface area contributed by atoms with Gasteiger partial charge in [0.05, 0.1) is 29.3 Å². The lowest BCUT2D eigenvalue weighted by Gasteiger charge is -2.33. The first kappa shape index (κ1) is 21.7. The number of aromatic nitrogens is 1. The minimum absolute atomic E-state index is 0.0697. The first-order chi connectivity index (χ1) is 18.3. The number of rotatable bonds is 5. The Bertz CT molecular complexity index is 1360. The summed E-state index contributed by atoms with van der Waals surface area (Å²) in [7, 11) is -1.37. The Morgan fingerprint density at radius 2 is 1.92 bits per heavy atom. The van der Waals surface area contributed by atoms with Crippen molar-refractivity contribution in [2.45, 2.75) is 51.7 Å². The smallest absolute Gasteiger partial charge is 0.419 e. The van der Waals surface area contributed by atoms with Gasteiger partial charge in [-0.1, -0.05) is 12.1 Å². The fourth-order valence-corrected chi connectivity index (χ4v) is 4.59. The van der Waals surface area contributed by atoms with Crippen LogP contribution in [0.15, 0.2) is 42.6 Å². The lowest BCUT2D eigenvalue weighted by atomic mass is 9.88. The van der Waals surface area contributed by atoms with Gasteiger partial charge in [0.25, 0.3) is 0 Å². The average molecular weight is 498 g/mol. The van der Waals surface area contributed by atoms with E-state index in [0.717, 1.165) is 5.56 Å². The summed E-state index contributed by atoms with van der Waals surface area (Å²) in [6.45, 7) is 8.45. The molecule has 4 rings (SSSR count). The number of aryl methyl sites for hydroxylation is 1. The molecule has 192 valence electrons. The second-order valence-corrected chi connectivity index (χ2v) is 9.92. The van der Waals surface area contributed by atoms with Crippen molar-refractivity contribution in [1.29, 1.82) is 0 Å². The van der Waals surface area contributed by atoms with E-state index in [1.165, 1.54) is 11.7 Å². The number of carbonyl (C=O) groups is 2. The van der Waals surface area contributed by atoms with Crippen molar-refractivity contribution in [2.75, 3.05) is 27.2 Å². The van der Waals surface area contributed by atoms with Gasteiger partial charge in [0.1, 0.15) is 11.7 Å². The van der Waals surface area contributed by atoms with Crippen molar-refractivity contribution < 1.29 is 32.6 Å². The molecule has 1 aliphatic rings. The van der Waals surface area contributed by atoms with Crippen LogP contribution in [0.25, 0.3) is 10.9 Å². The van der Waals surface area contributed by atoms with Gasteiger partial charge in [0, 0.05) is 24.0 Å². The second kappa shape index (κ2) is 10.2. The summed E-state index contributed by atoms with van der Waals surface area (Å²) >= 11 is 0. The molecular weight excluding hydrogens is 460 g/mol. The normalized spacial score (nSPS) is 19.6. The highest BCUT2D eigenvalue weighted by Crippen LogP contribution is 2.41. The minimum atomic E-state index is -2.71. The van der Waals surface area contributed by atoms with Gasteiger partial charge in [-0.2, -0.15) is 0 Å². The first-order valence-electron chi connectivity index (χ1n) is 13.4. The van der Waals surface area contributed by atoms with Crippen LogP contribution in [-0.4, -0.2) is 55.6 Å². The lowest BCUT2D eigenvalue weighted by Crippen LogP contribution is -2.41. The van der Waals surface area contributed by atoms with Crippen LogP contribution < -0.4 is 14.8 Å². The number of methoxy groups -OCH3 is 2. The maximum atomic E-state index is 13.0. The number of hydrogen-bond acceptors (Lipinski definition) is 7. The molecule has 0 saturated carbocycles. The molecule has 2 atom stereocenters. The molecule has 1 aliphatic heterocycles. The molecule has 1 fully saturated rings. The van der Waals surface area contributed by atoms with Crippen molar-refractivity contribution in [3.05, 3.63) is 59.3 Å². The number of esters is 1. The van der Waals surface area contributed by atoms with Gasteiger partial charge in [-0.15, -0.1) is 0 Å². The first-order valence-corrected chi connectivity index (χ1v) is 11.9. The van der Waals surface area contributed by atoms with E-state index in [1.54, 1.807) is 58.2 Å². The van der Waals surface area contributed by atoms with E-state index in [2.05, 4.69) is 5.32 Å². The number of carbonyl (C=O) groups excluding carboxylic acids is 2. The number of piperidine rings is 1. The predicted molar refractivity (Wildman–Crippen MR) is 137 cm³/mol. The fourth-order valence-electron chi connectivity index (χ4n) is 4.59. The standard InChI is InChI=1S/C28H34N2O6/c1-17-15-23(33-5)25(20-12-14-30(24(17)20)27(32)36-28(2,3)4)35-22-11-13-29-16-21(22)18-7-9-19(10-8-18)26(31)34-6/h7-10,12,14-15,21-22,29H,11,13,16H2,1-6H3/t21-,22+/m0/s1/i5D3. The van der Waals surface area contributed by atoms with E-state index in [4.69, 9.17) is 23.1 Å². The third-order valence-corrected chi connectivity index (χ3v) is 6.22.